The molecule has 22 heavy (non-hydrogen) atoms. The van der Waals surface area contributed by atoms with E-state index in [9.17, 15) is 13.0 Å². The summed E-state index contributed by atoms with van der Waals surface area (Å²) in [5, 5.41) is 0. The lowest BCUT2D eigenvalue weighted by molar-refractivity contribution is 0.215. The molecule has 0 saturated heterocycles. The van der Waals surface area contributed by atoms with E-state index in [-0.39, 0.29) is 18.4 Å². The van der Waals surface area contributed by atoms with Gasteiger partial charge in [-0.15, -0.1) is 0 Å². The zero-order valence-corrected chi connectivity index (χ0v) is 13.5. The fourth-order valence-electron chi connectivity index (χ4n) is 2.38. The molecule has 1 aliphatic heterocycles. The molecule has 0 bridgehead atoms. The number of nitrogens with zero attached hydrogens (tertiary/aromatic N) is 1. The second-order valence-corrected chi connectivity index (χ2v) is 6.52. The number of anilines is 1. The van der Waals surface area contributed by atoms with Crippen LogP contribution in [0.25, 0.3) is 0 Å². The Bertz CT molecular complexity index is 641. The molecule has 0 fully saturated rings. The Morgan fingerprint density at radius 3 is 2.86 bits per heavy atom. The molecule has 1 heterocycles. The molecular weight excluding hydrogens is 306 g/mol. The van der Waals surface area contributed by atoms with Gasteiger partial charge in [0.05, 0.1) is 28.2 Å². The Morgan fingerprint density at radius 1 is 1.45 bits per heavy atom. The molecule has 6 nitrogen and oxygen atoms in total. The highest BCUT2D eigenvalue weighted by molar-refractivity contribution is 7.85. The van der Waals surface area contributed by atoms with E-state index in [0.717, 1.165) is 17.2 Å². The fraction of sp³-hybridized carbons (Fsp3) is 0.467. The molecule has 7 heteroatoms. The molecule has 0 saturated carbocycles. The summed E-state index contributed by atoms with van der Waals surface area (Å²) in [4.78, 5) is 1.93. The largest absolute Gasteiger partial charge is 0.748 e. The third-order valence-corrected chi connectivity index (χ3v) is 4.06. The third kappa shape index (κ3) is 4.38. The maximum Gasteiger partial charge on any atom is 0.195 e. The minimum absolute atomic E-state index is 0.252. The van der Waals surface area contributed by atoms with Crippen molar-refractivity contribution in [1.29, 1.82) is 0 Å². The Balaban J connectivity index is 2.14. The van der Waals surface area contributed by atoms with Crippen molar-refractivity contribution in [3.05, 3.63) is 36.1 Å². The van der Waals surface area contributed by atoms with E-state index in [2.05, 4.69) is 0 Å². The number of allylic oxidation sites excluding steroid dienone is 1. The molecule has 1 aliphatic rings. The van der Waals surface area contributed by atoms with Crippen LogP contribution in [0.1, 0.15) is 20.3 Å². The molecule has 0 aromatic heterocycles. The van der Waals surface area contributed by atoms with E-state index in [1.54, 1.807) is 0 Å². The number of hydrogen-bond acceptors (Lipinski definition) is 6. The van der Waals surface area contributed by atoms with Crippen LogP contribution in [0.2, 0.25) is 0 Å². The molecule has 122 valence electrons. The van der Waals surface area contributed by atoms with Crippen LogP contribution in [0.5, 0.6) is 5.75 Å². The summed E-state index contributed by atoms with van der Waals surface area (Å²) in [6.07, 6.45) is 1.73. The van der Waals surface area contributed by atoms with Crippen LogP contribution in [0.15, 0.2) is 36.1 Å². The predicted molar refractivity (Wildman–Crippen MR) is 82.8 cm³/mol. The molecule has 0 spiro atoms. The van der Waals surface area contributed by atoms with Gasteiger partial charge < -0.3 is 18.9 Å². The van der Waals surface area contributed by atoms with Gasteiger partial charge in [-0.25, -0.2) is 8.42 Å². The molecule has 2 rings (SSSR count). The van der Waals surface area contributed by atoms with E-state index in [0.29, 0.717) is 13.2 Å². The maximum atomic E-state index is 10.8. The summed E-state index contributed by atoms with van der Waals surface area (Å²) in [7, 11) is -4.20. The summed E-state index contributed by atoms with van der Waals surface area (Å²) in [6.45, 7) is 4.73. The van der Waals surface area contributed by atoms with Crippen molar-refractivity contribution in [2.75, 3.05) is 23.8 Å². The normalized spacial score (nSPS) is 18.0. The van der Waals surface area contributed by atoms with Crippen LogP contribution in [0, 0.1) is 0 Å². The lowest BCUT2D eigenvalue weighted by atomic mass is 10.2. The summed E-state index contributed by atoms with van der Waals surface area (Å²) < 4.78 is 43.6. The topological polar surface area (TPSA) is 78.9 Å². The number of ether oxygens (including phenoxy) is 2. The number of hydrogen-bond donors (Lipinski definition) is 0. The van der Waals surface area contributed by atoms with Crippen LogP contribution in [0.3, 0.4) is 0 Å². The zero-order chi connectivity index (χ0) is 16.2. The van der Waals surface area contributed by atoms with Gasteiger partial charge in [0.1, 0.15) is 5.75 Å². The lowest BCUT2D eigenvalue weighted by Gasteiger charge is -2.23. The van der Waals surface area contributed by atoms with E-state index < -0.39 is 10.1 Å². The van der Waals surface area contributed by atoms with Gasteiger partial charge in [0.15, 0.2) is 6.23 Å². The van der Waals surface area contributed by atoms with Gasteiger partial charge in [-0.1, -0.05) is 12.1 Å². The van der Waals surface area contributed by atoms with Gasteiger partial charge in [-0.2, -0.15) is 0 Å². The van der Waals surface area contributed by atoms with Crippen LogP contribution in [-0.2, 0) is 14.9 Å². The molecule has 1 aromatic carbocycles. The zero-order valence-electron chi connectivity index (χ0n) is 12.7. The molecule has 1 aromatic rings. The Morgan fingerprint density at radius 2 is 2.18 bits per heavy atom. The second-order valence-electron chi connectivity index (χ2n) is 5.00. The van der Waals surface area contributed by atoms with Crippen LogP contribution >= 0.6 is 0 Å². The molecule has 1 unspecified atom stereocenters. The summed E-state index contributed by atoms with van der Waals surface area (Å²) in [5.74, 6) is 1.09. The average molecular weight is 326 g/mol. The van der Waals surface area contributed by atoms with Gasteiger partial charge in [0.2, 0.25) is 0 Å². The minimum Gasteiger partial charge on any atom is -0.748 e. The molecule has 0 amide bonds. The van der Waals surface area contributed by atoms with Crippen molar-refractivity contribution in [1.82, 2.24) is 0 Å². The highest BCUT2D eigenvalue weighted by Gasteiger charge is 2.29. The van der Waals surface area contributed by atoms with E-state index in [1.807, 2.05) is 49.1 Å². The first-order valence-electron chi connectivity index (χ1n) is 7.18. The van der Waals surface area contributed by atoms with Crippen molar-refractivity contribution in [3.63, 3.8) is 0 Å². The van der Waals surface area contributed by atoms with Crippen molar-refractivity contribution >= 4 is 15.8 Å². The first-order chi connectivity index (χ1) is 10.4. The highest BCUT2D eigenvalue weighted by Crippen LogP contribution is 2.37. The summed E-state index contributed by atoms with van der Waals surface area (Å²) in [6, 6.07) is 7.53. The number of para-hydroxylation sites is 2. The summed E-state index contributed by atoms with van der Waals surface area (Å²) >= 11 is 0. The summed E-state index contributed by atoms with van der Waals surface area (Å²) in [5.41, 5.74) is 0.886. The first kappa shape index (κ1) is 16.6. The highest BCUT2D eigenvalue weighted by atomic mass is 32.2. The van der Waals surface area contributed by atoms with Crippen LogP contribution in [-0.4, -0.2) is 38.1 Å². The maximum absolute atomic E-state index is 10.8. The third-order valence-electron chi connectivity index (χ3n) is 3.27. The number of benzene rings is 1. The van der Waals surface area contributed by atoms with Gasteiger partial charge in [0.25, 0.3) is 0 Å². The van der Waals surface area contributed by atoms with E-state index in [4.69, 9.17) is 9.47 Å². The lowest BCUT2D eigenvalue weighted by Crippen LogP contribution is -2.35. The monoisotopic (exact) mass is 326 g/mol. The van der Waals surface area contributed by atoms with Gasteiger partial charge in [0, 0.05) is 18.4 Å². The minimum atomic E-state index is -4.20. The number of fused-ring (bicyclic) bond motifs is 1. The Labute approximate surface area is 131 Å². The molecule has 1 atom stereocenters. The second kappa shape index (κ2) is 7.02. The molecule has 0 aliphatic carbocycles. The van der Waals surface area contributed by atoms with Crippen molar-refractivity contribution in [3.8, 4) is 5.75 Å². The Kier molecular flexibility index (Phi) is 5.31. The van der Waals surface area contributed by atoms with Gasteiger partial charge >= 0.3 is 0 Å². The smallest absolute Gasteiger partial charge is 0.195 e. The van der Waals surface area contributed by atoms with Gasteiger partial charge in [-0.3, -0.25) is 0 Å². The van der Waals surface area contributed by atoms with Crippen molar-refractivity contribution in [2.45, 2.75) is 26.5 Å². The van der Waals surface area contributed by atoms with E-state index >= 15 is 0 Å². The number of rotatable bonds is 7. The molecule has 0 N–H and O–H groups in total. The Hall–Kier alpha value is -1.73. The van der Waals surface area contributed by atoms with Gasteiger partial charge in [-0.05, 0) is 32.4 Å². The molecule has 0 radical (unpaired) electrons. The quantitative estimate of drug-likeness (QED) is 0.564. The SMILES string of the molecule is CCOC(C)=CC1Oc2ccccc2N1CCCS(=O)(=O)[O-]. The molecular formula is C15H20NO5S-. The van der Waals surface area contributed by atoms with Crippen molar-refractivity contribution in [2.24, 2.45) is 0 Å². The fourth-order valence-corrected chi connectivity index (χ4v) is 2.87. The van der Waals surface area contributed by atoms with Crippen LogP contribution in [0.4, 0.5) is 5.69 Å². The predicted octanol–water partition coefficient (Wildman–Crippen LogP) is 2.09. The standard InChI is InChI=1S/C15H21NO5S/c1-3-20-12(2)11-15-16(9-6-10-22(17,18)19)13-7-4-5-8-14(13)21-15/h4-5,7-8,11,15H,3,6,9-10H2,1-2H3,(H,17,18,19)/p-1. The first-order valence-corrected chi connectivity index (χ1v) is 8.75. The van der Waals surface area contributed by atoms with E-state index in [1.165, 1.54) is 0 Å². The van der Waals surface area contributed by atoms with Crippen molar-refractivity contribution < 1.29 is 22.4 Å². The van der Waals surface area contributed by atoms with Crippen LogP contribution < -0.4 is 9.64 Å². The average Bonchev–Trinajstić information content (AvgIpc) is 2.76.